The summed E-state index contributed by atoms with van der Waals surface area (Å²) in [4.78, 5) is 10.9. The number of hydrogen-bond donors (Lipinski definition) is 2. The van der Waals surface area contributed by atoms with Crippen molar-refractivity contribution in [1.82, 2.24) is 0 Å². The third-order valence-electron chi connectivity index (χ3n) is 2.13. The number of aromatic carboxylic acids is 1. The van der Waals surface area contributed by atoms with E-state index >= 15 is 0 Å². The van der Waals surface area contributed by atoms with E-state index in [0.29, 0.717) is 0 Å². The first-order valence-corrected chi connectivity index (χ1v) is 7.01. The minimum atomic E-state index is -3.45. The Morgan fingerprint density at radius 3 is 2.44 bits per heavy atom. The summed E-state index contributed by atoms with van der Waals surface area (Å²) in [6.45, 7) is 3.12. The van der Waals surface area contributed by atoms with Crippen molar-refractivity contribution in [1.29, 1.82) is 0 Å². The van der Waals surface area contributed by atoms with Crippen LogP contribution >= 0.6 is 11.3 Å². The number of nitrogens with one attached hydrogen (secondary N) is 1. The molecule has 1 aromatic heterocycles. The van der Waals surface area contributed by atoms with E-state index in [1.165, 1.54) is 12.4 Å². The summed E-state index contributed by atoms with van der Waals surface area (Å²) in [5.41, 5.74) is 0.172. The lowest BCUT2D eigenvalue weighted by molar-refractivity contribution is 0.0703. The molecule has 0 spiro atoms. The summed E-state index contributed by atoms with van der Waals surface area (Å²) < 4.78 is 23.8. The molecule has 7 heteroatoms. The number of sulfone groups is 1. The standard InChI is InChI=1S/C9H13NO4S2/c1-5(2)16(13,14)6-4-15-8(9(11)12)7(6)10-3/h4-5,10H,1-3H3,(H,11,12). The quantitative estimate of drug-likeness (QED) is 0.863. The molecule has 0 aliphatic rings. The van der Waals surface area contributed by atoms with Crippen LogP contribution in [0.3, 0.4) is 0 Å². The van der Waals surface area contributed by atoms with Crippen LogP contribution in [0.25, 0.3) is 0 Å². The van der Waals surface area contributed by atoms with Crippen LogP contribution in [0.2, 0.25) is 0 Å². The van der Waals surface area contributed by atoms with Crippen LogP contribution in [0.1, 0.15) is 23.5 Å². The zero-order valence-electron chi connectivity index (χ0n) is 9.14. The number of rotatable bonds is 4. The third-order valence-corrected chi connectivity index (χ3v) is 5.42. The highest BCUT2D eigenvalue weighted by molar-refractivity contribution is 7.92. The second-order valence-electron chi connectivity index (χ2n) is 3.45. The van der Waals surface area contributed by atoms with Crippen LogP contribution in [0.4, 0.5) is 5.69 Å². The van der Waals surface area contributed by atoms with Gasteiger partial charge in [0.15, 0.2) is 9.84 Å². The molecule has 0 aliphatic heterocycles. The number of carbonyl (C=O) groups is 1. The van der Waals surface area contributed by atoms with Crippen molar-refractivity contribution in [2.24, 2.45) is 0 Å². The largest absolute Gasteiger partial charge is 0.477 e. The summed E-state index contributed by atoms with van der Waals surface area (Å²) in [5.74, 6) is -1.13. The highest BCUT2D eigenvalue weighted by Gasteiger charge is 2.27. The molecule has 0 aliphatic carbocycles. The van der Waals surface area contributed by atoms with Crippen molar-refractivity contribution in [3.63, 3.8) is 0 Å². The van der Waals surface area contributed by atoms with Gasteiger partial charge in [-0.25, -0.2) is 13.2 Å². The van der Waals surface area contributed by atoms with Gasteiger partial charge in [-0.15, -0.1) is 11.3 Å². The number of thiophene rings is 1. The number of carboxylic acid groups (broad SMARTS) is 1. The van der Waals surface area contributed by atoms with E-state index in [9.17, 15) is 13.2 Å². The Morgan fingerprint density at radius 1 is 1.50 bits per heavy atom. The third kappa shape index (κ3) is 2.05. The van der Waals surface area contributed by atoms with E-state index in [-0.39, 0.29) is 15.5 Å². The van der Waals surface area contributed by atoms with E-state index < -0.39 is 21.1 Å². The molecule has 1 heterocycles. The second kappa shape index (κ2) is 4.42. The fourth-order valence-electron chi connectivity index (χ4n) is 1.20. The summed E-state index contributed by atoms with van der Waals surface area (Å²) in [6.07, 6.45) is 0. The van der Waals surface area contributed by atoms with Crippen LogP contribution < -0.4 is 5.32 Å². The van der Waals surface area contributed by atoms with Crippen molar-refractivity contribution in [2.75, 3.05) is 12.4 Å². The topological polar surface area (TPSA) is 83.5 Å². The smallest absolute Gasteiger partial charge is 0.348 e. The zero-order chi connectivity index (χ0) is 12.5. The molecule has 0 bridgehead atoms. The van der Waals surface area contributed by atoms with Gasteiger partial charge in [-0.2, -0.15) is 0 Å². The SMILES string of the molecule is CNc1c(S(=O)(=O)C(C)C)csc1C(=O)O. The van der Waals surface area contributed by atoms with E-state index in [1.807, 2.05) is 0 Å². The summed E-state index contributed by atoms with van der Waals surface area (Å²) in [7, 11) is -1.94. The fraction of sp³-hybridized carbons (Fsp3) is 0.444. The molecule has 0 amide bonds. The van der Waals surface area contributed by atoms with Gasteiger partial charge in [-0.1, -0.05) is 0 Å². The predicted molar refractivity (Wildman–Crippen MR) is 63.1 cm³/mol. The average molecular weight is 263 g/mol. The summed E-state index contributed by atoms with van der Waals surface area (Å²) in [5, 5.41) is 12.3. The second-order valence-corrected chi connectivity index (χ2v) is 6.81. The Bertz CT molecular complexity index is 502. The lowest BCUT2D eigenvalue weighted by Gasteiger charge is -2.08. The minimum Gasteiger partial charge on any atom is -0.477 e. The lowest BCUT2D eigenvalue weighted by Crippen LogP contribution is -2.15. The van der Waals surface area contributed by atoms with Crippen LogP contribution in [0.15, 0.2) is 10.3 Å². The first-order valence-electron chi connectivity index (χ1n) is 4.58. The Morgan fingerprint density at radius 2 is 2.06 bits per heavy atom. The van der Waals surface area contributed by atoms with Crippen LogP contribution in [-0.4, -0.2) is 31.8 Å². The van der Waals surface area contributed by atoms with Crippen LogP contribution in [0.5, 0.6) is 0 Å². The molecule has 1 rings (SSSR count). The number of carboxylic acids is 1. The first kappa shape index (κ1) is 13.0. The van der Waals surface area contributed by atoms with Crippen LogP contribution in [0, 0.1) is 0 Å². The van der Waals surface area contributed by atoms with E-state index in [4.69, 9.17) is 5.11 Å². The van der Waals surface area contributed by atoms with Gasteiger partial charge in [0.1, 0.15) is 9.77 Å². The van der Waals surface area contributed by atoms with Gasteiger partial charge >= 0.3 is 5.97 Å². The molecule has 1 aromatic rings. The Kier molecular flexibility index (Phi) is 3.59. The van der Waals surface area contributed by atoms with Gasteiger partial charge in [0.05, 0.1) is 10.9 Å². The van der Waals surface area contributed by atoms with Crippen molar-refractivity contribution in [2.45, 2.75) is 24.0 Å². The molecular weight excluding hydrogens is 250 g/mol. The highest BCUT2D eigenvalue weighted by Crippen LogP contribution is 2.33. The maximum atomic E-state index is 11.9. The summed E-state index contributed by atoms with van der Waals surface area (Å²) in [6, 6.07) is 0. The highest BCUT2D eigenvalue weighted by atomic mass is 32.2. The molecule has 0 radical (unpaired) electrons. The molecule has 0 fully saturated rings. The van der Waals surface area contributed by atoms with Crippen molar-refractivity contribution >= 4 is 32.8 Å². The summed E-state index contributed by atoms with van der Waals surface area (Å²) >= 11 is 0.912. The van der Waals surface area contributed by atoms with Gasteiger partial charge < -0.3 is 10.4 Å². The Labute approximate surface area is 98.0 Å². The van der Waals surface area contributed by atoms with Crippen molar-refractivity contribution < 1.29 is 18.3 Å². The molecule has 0 aromatic carbocycles. The van der Waals surface area contributed by atoms with E-state index in [2.05, 4.69) is 5.32 Å². The van der Waals surface area contributed by atoms with Gasteiger partial charge in [0.25, 0.3) is 0 Å². The lowest BCUT2D eigenvalue weighted by atomic mass is 10.4. The van der Waals surface area contributed by atoms with Crippen molar-refractivity contribution in [3.8, 4) is 0 Å². The van der Waals surface area contributed by atoms with Gasteiger partial charge in [-0.3, -0.25) is 0 Å². The number of anilines is 1. The van der Waals surface area contributed by atoms with Crippen LogP contribution in [-0.2, 0) is 9.84 Å². The maximum Gasteiger partial charge on any atom is 0.348 e. The maximum absolute atomic E-state index is 11.9. The number of hydrogen-bond acceptors (Lipinski definition) is 5. The monoisotopic (exact) mass is 263 g/mol. The minimum absolute atomic E-state index is 0.0155. The molecule has 5 nitrogen and oxygen atoms in total. The van der Waals surface area contributed by atoms with Gasteiger partial charge in [0, 0.05) is 12.4 Å². The Balaban J connectivity index is 3.43. The van der Waals surface area contributed by atoms with Crippen molar-refractivity contribution in [3.05, 3.63) is 10.3 Å². The molecule has 0 atom stereocenters. The van der Waals surface area contributed by atoms with E-state index in [0.717, 1.165) is 11.3 Å². The predicted octanol–water partition coefficient (Wildman–Crippen LogP) is 1.67. The van der Waals surface area contributed by atoms with Gasteiger partial charge in [-0.05, 0) is 13.8 Å². The normalized spacial score (nSPS) is 11.8. The molecular formula is C9H13NO4S2. The first-order chi connectivity index (χ1) is 7.32. The molecule has 2 N–H and O–H groups in total. The molecule has 0 saturated carbocycles. The van der Waals surface area contributed by atoms with Gasteiger partial charge in [0.2, 0.25) is 0 Å². The van der Waals surface area contributed by atoms with E-state index in [1.54, 1.807) is 13.8 Å². The molecule has 90 valence electrons. The molecule has 0 saturated heterocycles. The molecule has 0 unspecified atom stereocenters. The Hall–Kier alpha value is -1.08. The average Bonchev–Trinajstić information content (AvgIpc) is 2.60. The zero-order valence-corrected chi connectivity index (χ0v) is 10.8. The molecule has 16 heavy (non-hydrogen) atoms. The fourth-order valence-corrected chi connectivity index (χ4v) is 3.71.